The normalized spacial score (nSPS) is 21.6. The van der Waals surface area contributed by atoms with Gasteiger partial charge in [0.2, 0.25) is 0 Å². The fourth-order valence-corrected chi connectivity index (χ4v) is 4.17. The molecular weight excluding hydrogens is 313 g/mol. The Bertz CT molecular complexity index is 920. The fourth-order valence-electron chi connectivity index (χ4n) is 4.17. The van der Waals surface area contributed by atoms with Gasteiger partial charge in [-0.2, -0.15) is 0 Å². The third-order valence-electron chi connectivity index (χ3n) is 5.24. The number of nitrogens with zero attached hydrogens (tertiary/aromatic N) is 1. The zero-order valence-electron chi connectivity index (χ0n) is 14.0. The van der Waals surface area contributed by atoms with E-state index in [4.69, 9.17) is 6.42 Å². The number of halogens is 1. The maximum atomic E-state index is 13.4. The van der Waals surface area contributed by atoms with Gasteiger partial charge in [-0.05, 0) is 65.7 Å². The molecule has 1 amide bonds. The molecule has 0 saturated carbocycles. The molecule has 0 aromatic heterocycles. The van der Waals surface area contributed by atoms with E-state index in [1.54, 1.807) is 17.0 Å². The summed E-state index contributed by atoms with van der Waals surface area (Å²) >= 11 is 0. The quantitative estimate of drug-likeness (QED) is 0.720. The van der Waals surface area contributed by atoms with Crippen molar-refractivity contribution in [3.05, 3.63) is 76.6 Å². The Hall–Kier alpha value is -2.86. The van der Waals surface area contributed by atoms with Crippen LogP contribution in [0, 0.1) is 18.2 Å². The second-order valence-electron chi connectivity index (χ2n) is 6.70. The maximum absolute atomic E-state index is 13.4. The lowest BCUT2D eigenvalue weighted by atomic mass is 9.85. The summed E-state index contributed by atoms with van der Waals surface area (Å²) in [5.74, 6) is 1.67. The second-order valence-corrected chi connectivity index (χ2v) is 6.70. The van der Waals surface area contributed by atoms with Gasteiger partial charge >= 0.3 is 0 Å². The van der Waals surface area contributed by atoms with Crippen LogP contribution in [0.1, 0.15) is 36.1 Å². The Labute approximate surface area is 147 Å². The first-order valence-electron chi connectivity index (χ1n) is 8.44. The average molecular weight is 331 g/mol. The van der Waals surface area contributed by atoms with Gasteiger partial charge in [-0.25, -0.2) is 4.39 Å². The highest BCUT2D eigenvalue weighted by Crippen LogP contribution is 2.48. The first-order chi connectivity index (χ1) is 12.1. The number of hydrogen-bond acceptors (Lipinski definition) is 1. The van der Waals surface area contributed by atoms with E-state index in [1.165, 1.54) is 34.4 Å². The smallest absolute Gasteiger partial charge is 0.299 e. The zero-order chi connectivity index (χ0) is 17.6. The van der Waals surface area contributed by atoms with Gasteiger partial charge in [0, 0.05) is 6.04 Å². The molecule has 2 aromatic carbocycles. The summed E-state index contributed by atoms with van der Waals surface area (Å²) in [6.07, 6.45) is 7.02. The van der Waals surface area contributed by atoms with E-state index in [9.17, 15) is 9.18 Å². The highest BCUT2D eigenvalue weighted by atomic mass is 19.1. The van der Waals surface area contributed by atoms with E-state index in [0.717, 1.165) is 18.4 Å². The molecule has 0 bridgehead atoms. The lowest BCUT2D eigenvalue weighted by molar-refractivity contribution is -0.129. The summed E-state index contributed by atoms with van der Waals surface area (Å²) in [5.41, 5.74) is 5.95. The number of hydrogen-bond donors (Lipinski definition) is 0. The van der Waals surface area contributed by atoms with Crippen LogP contribution in [-0.2, 0) is 11.2 Å². The van der Waals surface area contributed by atoms with Crippen LogP contribution in [0.2, 0.25) is 0 Å². The minimum Gasteiger partial charge on any atom is -0.318 e. The lowest BCUT2D eigenvalue weighted by Crippen LogP contribution is -2.44. The minimum absolute atomic E-state index is 0.0106. The summed E-state index contributed by atoms with van der Waals surface area (Å²) in [7, 11) is 0. The average Bonchev–Trinajstić information content (AvgIpc) is 2.99. The molecule has 4 rings (SSSR count). The highest BCUT2D eigenvalue weighted by molar-refractivity contribution is 5.95. The summed E-state index contributed by atoms with van der Waals surface area (Å²) < 4.78 is 13.4. The van der Waals surface area contributed by atoms with Gasteiger partial charge in [0.25, 0.3) is 5.91 Å². The Kier molecular flexibility index (Phi) is 3.69. The van der Waals surface area contributed by atoms with Gasteiger partial charge in [-0.1, -0.05) is 36.4 Å². The van der Waals surface area contributed by atoms with Gasteiger partial charge in [-0.15, -0.1) is 6.42 Å². The standard InChI is InChI=1S/C22H18FNO/c1-3-21(25)24-14(2)12-19-18-7-5-4-6-16(18)13-20(19)22(24)15-8-10-17(23)11-9-15/h1,4-11,14,22H,12-13H2,2H3/t14-,22-/m0/s1. The molecule has 2 aliphatic rings. The van der Waals surface area contributed by atoms with Crippen molar-refractivity contribution in [3.8, 4) is 12.3 Å². The molecule has 1 heterocycles. The maximum Gasteiger partial charge on any atom is 0.299 e. The number of carbonyl (C=O) groups is 1. The van der Waals surface area contributed by atoms with Crippen LogP contribution in [0.3, 0.4) is 0 Å². The molecule has 0 saturated heterocycles. The molecule has 3 heteroatoms. The van der Waals surface area contributed by atoms with E-state index in [2.05, 4.69) is 18.1 Å². The van der Waals surface area contributed by atoms with Gasteiger partial charge in [0.05, 0.1) is 6.04 Å². The van der Waals surface area contributed by atoms with E-state index < -0.39 is 0 Å². The van der Waals surface area contributed by atoms with Gasteiger partial charge < -0.3 is 4.90 Å². The number of amides is 1. The Balaban J connectivity index is 1.88. The predicted molar refractivity (Wildman–Crippen MR) is 96.0 cm³/mol. The van der Waals surface area contributed by atoms with Crippen molar-refractivity contribution in [3.63, 3.8) is 0 Å². The summed E-state index contributed by atoms with van der Waals surface area (Å²) in [6, 6.07) is 14.5. The molecule has 2 atom stereocenters. The molecule has 0 unspecified atom stereocenters. The van der Waals surface area contributed by atoms with Crippen LogP contribution in [0.15, 0.2) is 54.1 Å². The van der Waals surface area contributed by atoms with Crippen molar-refractivity contribution >= 4 is 11.5 Å². The van der Waals surface area contributed by atoms with E-state index in [-0.39, 0.29) is 23.8 Å². The monoisotopic (exact) mass is 331 g/mol. The van der Waals surface area contributed by atoms with Crippen LogP contribution in [0.5, 0.6) is 0 Å². The van der Waals surface area contributed by atoms with Gasteiger partial charge in [0.1, 0.15) is 5.82 Å². The molecule has 2 aromatic rings. The van der Waals surface area contributed by atoms with Crippen molar-refractivity contribution in [1.29, 1.82) is 0 Å². The van der Waals surface area contributed by atoms with Crippen LogP contribution in [0.4, 0.5) is 4.39 Å². The van der Waals surface area contributed by atoms with Crippen molar-refractivity contribution in [2.45, 2.75) is 31.8 Å². The van der Waals surface area contributed by atoms with Gasteiger partial charge in [0.15, 0.2) is 0 Å². The fraction of sp³-hybridized carbons (Fsp3) is 0.227. The molecule has 0 spiro atoms. The van der Waals surface area contributed by atoms with Gasteiger partial charge in [-0.3, -0.25) is 4.79 Å². The molecule has 0 fully saturated rings. The summed E-state index contributed by atoms with van der Waals surface area (Å²) in [6.45, 7) is 2.02. The zero-order valence-corrected chi connectivity index (χ0v) is 14.0. The number of rotatable bonds is 1. The third-order valence-corrected chi connectivity index (χ3v) is 5.24. The van der Waals surface area contributed by atoms with E-state index >= 15 is 0 Å². The number of fused-ring (bicyclic) bond motifs is 2. The molecule has 1 aliphatic carbocycles. The lowest BCUT2D eigenvalue weighted by Gasteiger charge is -2.41. The molecule has 0 radical (unpaired) electrons. The Morgan fingerprint density at radius 3 is 2.64 bits per heavy atom. The minimum atomic E-state index is -0.315. The Morgan fingerprint density at radius 1 is 1.20 bits per heavy atom. The van der Waals surface area contributed by atoms with Crippen molar-refractivity contribution in [2.75, 3.05) is 0 Å². The first-order valence-corrected chi connectivity index (χ1v) is 8.44. The molecule has 2 nitrogen and oxygen atoms in total. The van der Waals surface area contributed by atoms with Crippen molar-refractivity contribution in [1.82, 2.24) is 4.90 Å². The first kappa shape index (κ1) is 15.7. The highest BCUT2D eigenvalue weighted by Gasteiger charge is 2.40. The predicted octanol–water partition coefficient (Wildman–Crippen LogP) is 4.13. The molecular formula is C22H18FNO. The van der Waals surface area contributed by atoms with Crippen molar-refractivity contribution in [2.24, 2.45) is 0 Å². The van der Waals surface area contributed by atoms with Crippen LogP contribution in [-0.4, -0.2) is 16.8 Å². The summed E-state index contributed by atoms with van der Waals surface area (Å²) in [5, 5.41) is 0. The SMILES string of the molecule is C#CC(=O)N1[C@@H](c2ccc(F)cc2)C2=C(C[C@@H]1C)c1ccccc1C2. The molecule has 25 heavy (non-hydrogen) atoms. The third kappa shape index (κ3) is 2.46. The van der Waals surface area contributed by atoms with Crippen LogP contribution < -0.4 is 0 Å². The Morgan fingerprint density at radius 2 is 1.92 bits per heavy atom. The van der Waals surface area contributed by atoms with E-state index in [1.807, 2.05) is 19.1 Å². The number of carbonyl (C=O) groups excluding carboxylic acids is 1. The molecule has 124 valence electrons. The molecule has 0 N–H and O–H groups in total. The van der Waals surface area contributed by atoms with Crippen LogP contribution >= 0.6 is 0 Å². The summed E-state index contributed by atoms with van der Waals surface area (Å²) in [4.78, 5) is 14.3. The van der Waals surface area contributed by atoms with E-state index in [0.29, 0.717) is 0 Å². The number of benzene rings is 2. The van der Waals surface area contributed by atoms with Crippen molar-refractivity contribution < 1.29 is 9.18 Å². The topological polar surface area (TPSA) is 20.3 Å². The largest absolute Gasteiger partial charge is 0.318 e. The second kappa shape index (κ2) is 5.89. The number of terminal acetylenes is 1. The van der Waals surface area contributed by atoms with Crippen LogP contribution in [0.25, 0.3) is 5.57 Å². The molecule has 1 aliphatic heterocycles.